The van der Waals surface area contributed by atoms with Gasteiger partial charge in [0.25, 0.3) is 0 Å². The zero-order chi connectivity index (χ0) is 23.5. The number of benzene rings is 2. The third kappa shape index (κ3) is 4.90. The zero-order valence-corrected chi connectivity index (χ0v) is 18.8. The largest absolute Gasteiger partial charge is 0.508 e. The Morgan fingerprint density at radius 3 is 2.61 bits per heavy atom. The molecule has 2 aromatic carbocycles. The quantitative estimate of drug-likeness (QED) is 0.459. The predicted octanol–water partition coefficient (Wildman–Crippen LogP) is 1.87. The molecule has 0 fully saturated rings. The SMILES string of the molecule is Cc1cc(O)cc(C)c1CC(N)C(=O)N1Cc2ccccc2CC1C(=O)NCc1ncc[nH]1. The fourth-order valence-electron chi connectivity index (χ4n) is 4.48. The first-order chi connectivity index (χ1) is 15.8. The molecule has 0 spiro atoms. The van der Waals surface area contributed by atoms with Gasteiger partial charge < -0.3 is 26.0 Å². The molecule has 33 heavy (non-hydrogen) atoms. The van der Waals surface area contributed by atoms with E-state index in [1.807, 2.05) is 38.1 Å². The molecule has 0 saturated carbocycles. The normalized spacial score (nSPS) is 16.2. The van der Waals surface area contributed by atoms with Gasteiger partial charge in [-0.15, -0.1) is 0 Å². The van der Waals surface area contributed by atoms with Crippen molar-refractivity contribution in [1.29, 1.82) is 0 Å². The standard InChI is InChI=1S/C25H29N5O3/c1-15-9-19(31)10-16(2)20(15)12-21(26)25(33)30-14-18-6-4-3-5-17(18)11-22(30)24(32)29-13-23-27-7-8-28-23/h3-10,21-22,31H,11-14,26H2,1-2H3,(H,27,28)(H,29,32). The number of H-pyrrole nitrogens is 1. The number of hydrogen-bond acceptors (Lipinski definition) is 5. The van der Waals surface area contributed by atoms with Gasteiger partial charge in [0.05, 0.1) is 12.6 Å². The van der Waals surface area contributed by atoms with Crippen LogP contribution in [0.1, 0.15) is 33.6 Å². The highest BCUT2D eigenvalue weighted by atomic mass is 16.3. The van der Waals surface area contributed by atoms with Gasteiger partial charge in [0.2, 0.25) is 11.8 Å². The first kappa shape index (κ1) is 22.5. The lowest BCUT2D eigenvalue weighted by atomic mass is 9.91. The van der Waals surface area contributed by atoms with E-state index in [1.54, 1.807) is 29.4 Å². The van der Waals surface area contributed by atoms with Crippen LogP contribution in [0.2, 0.25) is 0 Å². The van der Waals surface area contributed by atoms with E-state index in [4.69, 9.17) is 5.73 Å². The summed E-state index contributed by atoms with van der Waals surface area (Å²) >= 11 is 0. The Hall–Kier alpha value is -3.65. The van der Waals surface area contributed by atoms with Crippen LogP contribution in [0.25, 0.3) is 0 Å². The molecule has 5 N–H and O–H groups in total. The number of aryl methyl sites for hydroxylation is 2. The Bertz CT molecular complexity index is 1140. The lowest BCUT2D eigenvalue weighted by molar-refractivity contribution is -0.142. The smallest absolute Gasteiger partial charge is 0.243 e. The molecule has 8 nitrogen and oxygen atoms in total. The maximum atomic E-state index is 13.5. The summed E-state index contributed by atoms with van der Waals surface area (Å²) in [7, 11) is 0. The molecule has 0 bridgehead atoms. The van der Waals surface area contributed by atoms with E-state index in [1.165, 1.54) is 0 Å². The fraction of sp³-hybridized carbons (Fsp3) is 0.320. The van der Waals surface area contributed by atoms with Crippen LogP contribution in [0.5, 0.6) is 5.75 Å². The van der Waals surface area contributed by atoms with Gasteiger partial charge in [0.15, 0.2) is 0 Å². The monoisotopic (exact) mass is 447 g/mol. The summed E-state index contributed by atoms with van der Waals surface area (Å²) in [6, 6.07) is 9.72. The van der Waals surface area contributed by atoms with E-state index in [-0.39, 0.29) is 24.1 Å². The minimum absolute atomic E-state index is 0.189. The molecule has 1 aliphatic rings. The van der Waals surface area contributed by atoms with Crippen molar-refractivity contribution in [3.05, 3.63) is 82.4 Å². The number of nitrogens with zero attached hydrogens (tertiary/aromatic N) is 2. The molecule has 3 aromatic rings. The molecule has 0 aliphatic carbocycles. The average Bonchev–Trinajstić information content (AvgIpc) is 3.32. The van der Waals surface area contributed by atoms with Gasteiger partial charge in [-0.1, -0.05) is 24.3 Å². The molecular formula is C25H29N5O3. The fourth-order valence-corrected chi connectivity index (χ4v) is 4.48. The predicted molar refractivity (Wildman–Crippen MR) is 124 cm³/mol. The Balaban J connectivity index is 1.55. The highest BCUT2D eigenvalue weighted by Crippen LogP contribution is 2.26. The van der Waals surface area contributed by atoms with E-state index >= 15 is 0 Å². The Labute approximate surface area is 192 Å². The number of rotatable bonds is 6. The molecular weight excluding hydrogens is 418 g/mol. The van der Waals surface area contributed by atoms with Crippen molar-refractivity contribution in [2.75, 3.05) is 0 Å². The van der Waals surface area contributed by atoms with Gasteiger partial charge in [0.1, 0.15) is 17.6 Å². The first-order valence-corrected chi connectivity index (χ1v) is 11.0. The Kier molecular flexibility index (Phi) is 6.46. The highest BCUT2D eigenvalue weighted by molar-refractivity contribution is 5.90. The number of aromatic hydroxyl groups is 1. The van der Waals surface area contributed by atoms with Crippen molar-refractivity contribution in [2.45, 2.75) is 51.9 Å². The summed E-state index contributed by atoms with van der Waals surface area (Å²) in [5.41, 5.74) is 11.2. The Morgan fingerprint density at radius 2 is 1.94 bits per heavy atom. The topological polar surface area (TPSA) is 124 Å². The van der Waals surface area contributed by atoms with Crippen LogP contribution in [0.3, 0.4) is 0 Å². The van der Waals surface area contributed by atoms with Gasteiger partial charge in [-0.2, -0.15) is 0 Å². The summed E-state index contributed by atoms with van der Waals surface area (Å²) in [6.45, 7) is 4.36. The number of phenols is 1. The summed E-state index contributed by atoms with van der Waals surface area (Å²) in [5.74, 6) is 0.329. The van der Waals surface area contributed by atoms with Crippen LogP contribution >= 0.6 is 0 Å². The first-order valence-electron chi connectivity index (χ1n) is 11.0. The summed E-state index contributed by atoms with van der Waals surface area (Å²) < 4.78 is 0. The van der Waals surface area contributed by atoms with E-state index in [0.29, 0.717) is 25.2 Å². The van der Waals surface area contributed by atoms with Crippen molar-refractivity contribution >= 4 is 11.8 Å². The number of nitrogens with two attached hydrogens (primary N) is 1. The number of aromatic amines is 1. The molecule has 2 amide bonds. The molecule has 0 radical (unpaired) electrons. The molecule has 2 atom stereocenters. The maximum absolute atomic E-state index is 13.5. The molecule has 172 valence electrons. The summed E-state index contributed by atoms with van der Waals surface area (Å²) in [6.07, 6.45) is 4.08. The zero-order valence-electron chi connectivity index (χ0n) is 18.8. The summed E-state index contributed by atoms with van der Waals surface area (Å²) in [5, 5.41) is 12.7. The number of phenolic OH excluding ortho intramolecular Hbond substituents is 1. The minimum atomic E-state index is -0.808. The van der Waals surface area contributed by atoms with Gasteiger partial charge in [-0.3, -0.25) is 9.59 Å². The van der Waals surface area contributed by atoms with Gasteiger partial charge in [0, 0.05) is 25.4 Å². The van der Waals surface area contributed by atoms with Crippen LogP contribution < -0.4 is 11.1 Å². The number of nitrogens with one attached hydrogen (secondary N) is 2. The number of hydrogen-bond donors (Lipinski definition) is 4. The van der Waals surface area contributed by atoms with Crippen molar-refractivity contribution in [1.82, 2.24) is 20.2 Å². The molecule has 4 rings (SSSR count). The molecule has 1 aliphatic heterocycles. The number of aromatic nitrogens is 2. The van der Waals surface area contributed by atoms with E-state index in [2.05, 4.69) is 15.3 Å². The van der Waals surface area contributed by atoms with Gasteiger partial charge >= 0.3 is 0 Å². The van der Waals surface area contributed by atoms with E-state index in [9.17, 15) is 14.7 Å². The number of carbonyl (C=O) groups excluding carboxylic acids is 2. The number of carbonyl (C=O) groups is 2. The van der Waals surface area contributed by atoms with Crippen molar-refractivity contribution in [3.8, 4) is 5.75 Å². The average molecular weight is 448 g/mol. The minimum Gasteiger partial charge on any atom is -0.508 e. The second kappa shape index (κ2) is 9.46. The molecule has 2 heterocycles. The van der Waals surface area contributed by atoms with Crippen molar-refractivity contribution in [2.24, 2.45) is 5.73 Å². The number of amides is 2. The Morgan fingerprint density at radius 1 is 1.24 bits per heavy atom. The number of fused-ring (bicyclic) bond motifs is 1. The van der Waals surface area contributed by atoms with Crippen LogP contribution in [0.4, 0.5) is 0 Å². The third-order valence-electron chi connectivity index (χ3n) is 6.24. The molecule has 1 aromatic heterocycles. The maximum Gasteiger partial charge on any atom is 0.243 e. The van der Waals surface area contributed by atoms with Gasteiger partial charge in [-0.25, -0.2) is 4.98 Å². The van der Waals surface area contributed by atoms with E-state index in [0.717, 1.165) is 27.8 Å². The highest BCUT2D eigenvalue weighted by Gasteiger charge is 2.36. The second-order valence-electron chi connectivity index (χ2n) is 8.58. The van der Waals surface area contributed by atoms with Crippen LogP contribution in [0.15, 0.2) is 48.8 Å². The molecule has 0 saturated heterocycles. The van der Waals surface area contributed by atoms with Crippen LogP contribution in [-0.2, 0) is 35.5 Å². The third-order valence-corrected chi connectivity index (χ3v) is 6.24. The summed E-state index contributed by atoms with van der Waals surface area (Å²) in [4.78, 5) is 35.3. The van der Waals surface area contributed by atoms with Crippen molar-refractivity contribution in [3.63, 3.8) is 0 Å². The molecule has 2 unspecified atom stereocenters. The van der Waals surface area contributed by atoms with E-state index < -0.39 is 12.1 Å². The second-order valence-corrected chi connectivity index (χ2v) is 8.58. The lowest BCUT2D eigenvalue weighted by Crippen LogP contribution is -2.56. The van der Waals surface area contributed by atoms with Crippen molar-refractivity contribution < 1.29 is 14.7 Å². The van der Waals surface area contributed by atoms with Crippen LogP contribution in [0, 0.1) is 13.8 Å². The van der Waals surface area contributed by atoms with Crippen LogP contribution in [-0.4, -0.2) is 43.9 Å². The number of imidazole rings is 1. The van der Waals surface area contributed by atoms with Gasteiger partial charge in [-0.05, 0) is 60.2 Å². The lowest BCUT2D eigenvalue weighted by Gasteiger charge is -2.37. The molecule has 8 heteroatoms.